The minimum Gasteiger partial charge on any atom is -0.299 e. The van der Waals surface area contributed by atoms with E-state index >= 15 is 0 Å². The van der Waals surface area contributed by atoms with E-state index in [1.54, 1.807) is 0 Å². The highest BCUT2D eigenvalue weighted by atomic mass is 35.5. The Balaban J connectivity index is 1.53. The molecule has 1 nitrogen and oxygen atoms in total. The maximum absolute atomic E-state index is 13.3. The zero-order chi connectivity index (χ0) is 17.4. The van der Waals surface area contributed by atoms with Crippen molar-refractivity contribution in [1.29, 1.82) is 0 Å². The standard InChI is InChI=1S/C22H28ClOS/c1-21(2)16-9-10-22(21,19(24)12-16)20-15-5-8-18(11-15)25(20)13-14-3-6-17(23)7-4-14/h3-4,6-7,15-16,18,20H,5,8-13H2,1-2H3/q+1/t15?,16-,18?,20?,22+,25?/m0/s1. The summed E-state index contributed by atoms with van der Waals surface area (Å²) in [6, 6.07) is 8.46. The molecular formula is C22H28ClOS+. The molecule has 1 aromatic rings. The van der Waals surface area contributed by atoms with Crippen molar-refractivity contribution in [2.24, 2.45) is 22.7 Å². The SMILES string of the molecule is CC1(C)[C@H]2CC[C@]1(C1C3CCC(C3)[S+]1Cc1ccc(Cl)cc1)C(=O)C2. The van der Waals surface area contributed by atoms with Gasteiger partial charge in [0.05, 0.1) is 5.41 Å². The number of benzene rings is 1. The van der Waals surface area contributed by atoms with Gasteiger partial charge >= 0.3 is 0 Å². The number of hydrogen-bond acceptors (Lipinski definition) is 1. The molecule has 1 aliphatic heterocycles. The van der Waals surface area contributed by atoms with Crippen LogP contribution in [0, 0.1) is 22.7 Å². The molecule has 0 radical (unpaired) electrons. The number of hydrogen-bond donors (Lipinski definition) is 0. The number of fused-ring (bicyclic) bond motifs is 4. The highest BCUT2D eigenvalue weighted by Gasteiger charge is 2.75. The van der Waals surface area contributed by atoms with E-state index in [2.05, 4.69) is 26.0 Å². The van der Waals surface area contributed by atoms with Gasteiger partial charge in [0.25, 0.3) is 0 Å². The van der Waals surface area contributed by atoms with Crippen molar-refractivity contribution in [2.45, 2.75) is 68.6 Å². The lowest BCUT2D eigenvalue weighted by Gasteiger charge is -2.43. The van der Waals surface area contributed by atoms with E-state index < -0.39 is 0 Å². The Hall–Kier alpha value is -0.470. The van der Waals surface area contributed by atoms with Gasteiger partial charge in [-0.15, -0.1) is 0 Å². The van der Waals surface area contributed by atoms with Crippen molar-refractivity contribution >= 4 is 28.3 Å². The van der Waals surface area contributed by atoms with Gasteiger partial charge in [-0.3, -0.25) is 4.79 Å². The minimum atomic E-state index is -0.00690. The van der Waals surface area contributed by atoms with Gasteiger partial charge in [0.15, 0.2) is 0 Å². The fraction of sp³-hybridized carbons (Fsp3) is 0.682. The number of Topliss-reactive ketones (excluding diaryl/α,β-unsaturated/α-hetero) is 1. The van der Waals surface area contributed by atoms with Crippen LogP contribution < -0.4 is 0 Å². The van der Waals surface area contributed by atoms with Gasteiger partial charge in [0, 0.05) is 29.3 Å². The Morgan fingerprint density at radius 2 is 1.92 bits per heavy atom. The highest BCUT2D eigenvalue weighted by Crippen LogP contribution is 2.70. The number of ketones is 1. The molecule has 3 heteroatoms. The number of carbonyl (C=O) groups excluding carboxylic acids is 1. The van der Waals surface area contributed by atoms with E-state index in [0.717, 1.165) is 22.6 Å². The van der Waals surface area contributed by atoms with Crippen molar-refractivity contribution in [3.8, 4) is 0 Å². The van der Waals surface area contributed by atoms with Gasteiger partial charge < -0.3 is 0 Å². The first-order valence-electron chi connectivity index (χ1n) is 9.90. The molecule has 3 aliphatic carbocycles. The van der Waals surface area contributed by atoms with E-state index in [9.17, 15) is 4.79 Å². The smallest absolute Gasteiger partial charge is 0.144 e. The average Bonchev–Trinajstić information content (AvgIpc) is 3.28. The number of carbonyl (C=O) groups is 1. The Bertz CT molecular complexity index is 711. The van der Waals surface area contributed by atoms with E-state index in [4.69, 9.17) is 11.6 Å². The van der Waals surface area contributed by atoms with Crippen LogP contribution in [0.25, 0.3) is 0 Å². The van der Waals surface area contributed by atoms with Crippen molar-refractivity contribution < 1.29 is 4.79 Å². The summed E-state index contributed by atoms with van der Waals surface area (Å²) in [5.74, 6) is 3.24. The molecule has 134 valence electrons. The summed E-state index contributed by atoms with van der Waals surface area (Å²) in [7, 11) is 0.356. The third kappa shape index (κ3) is 2.13. The molecule has 1 aromatic carbocycles. The average molecular weight is 376 g/mol. The van der Waals surface area contributed by atoms with Crippen LogP contribution in [0.15, 0.2) is 24.3 Å². The molecule has 5 rings (SSSR count). The lowest BCUT2D eigenvalue weighted by atomic mass is 9.64. The molecule has 4 bridgehead atoms. The zero-order valence-corrected chi connectivity index (χ0v) is 16.8. The second-order valence-corrected chi connectivity index (χ2v) is 12.3. The first kappa shape index (κ1) is 16.7. The van der Waals surface area contributed by atoms with E-state index in [-0.39, 0.29) is 10.8 Å². The van der Waals surface area contributed by atoms with Crippen LogP contribution in [0.1, 0.15) is 57.9 Å². The lowest BCUT2D eigenvalue weighted by Crippen LogP contribution is -2.53. The lowest BCUT2D eigenvalue weighted by molar-refractivity contribution is -0.130. The van der Waals surface area contributed by atoms with Gasteiger partial charge in [-0.05, 0) is 60.0 Å². The molecule has 4 aliphatic rings. The second kappa shape index (κ2) is 5.52. The van der Waals surface area contributed by atoms with Crippen LogP contribution in [0.4, 0.5) is 0 Å². The summed E-state index contributed by atoms with van der Waals surface area (Å²) >= 11 is 6.09. The Kier molecular flexibility index (Phi) is 3.68. The minimum absolute atomic E-state index is 0.00690. The summed E-state index contributed by atoms with van der Waals surface area (Å²) in [5.41, 5.74) is 1.62. The predicted molar refractivity (Wildman–Crippen MR) is 106 cm³/mol. The molecule has 0 N–H and O–H groups in total. The maximum Gasteiger partial charge on any atom is 0.144 e. The van der Waals surface area contributed by atoms with Crippen molar-refractivity contribution in [3.63, 3.8) is 0 Å². The molecule has 6 atom stereocenters. The van der Waals surface area contributed by atoms with E-state index in [1.807, 2.05) is 12.1 Å². The Morgan fingerprint density at radius 1 is 1.16 bits per heavy atom. The quantitative estimate of drug-likeness (QED) is 0.646. The normalized spacial score (nSPS) is 44.0. The van der Waals surface area contributed by atoms with E-state index in [1.165, 1.54) is 43.4 Å². The van der Waals surface area contributed by atoms with Crippen LogP contribution in [0.3, 0.4) is 0 Å². The second-order valence-electron chi connectivity index (χ2n) is 9.41. The van der Waals surface area contributed by atoms with Gasteiger partial charge in [0.1, 0.15) is 22.0 Å². The molecule has 3 saturated carbocycles. The molecule has 25 heavy (non-hydrogen) atoms. The number of rotatable bonds is 3. The summed E-state index contributed by atoms with van der Waals surface area (Å²) in [5, 5.41) is 2.33. The molecular weight excluding hydrogens is 348 g/mol. The summed E-state index contributed by atoms with van der Waals surface area (Å²) in [6.07, 6.45) is 7.46. The monoisotopic (exact) mass is 375 g/mol. The number of halogens is 1. The van der Waals surface area contributed by atoms with Crippen LogP contribution in [0.2, 0.25) is 5.02 Å². The van der Waals surface area contributed by atoms with Gasteiger partial charge in [-0.1, -0.05) is 37.6 Å². The van der Waals surface area contributed by atoms with Crippen LogP contribution >= 0.6 is 11.6 Å². The third-order valence-electron chi connectivity index (χ3n) is 8.33. The largest absolute Gasteiger partial charge is 0.299 e. The molecule has 1 heterocycles. The molecule has 4 fully saturated rings. The first-order valence-corrected chi connectivity index (χ1v) is 11.8. The van der Waals surface area contributed by atoms with Crippen molar-refractivity contribution in [2.75, 3.05) is 0 Å². The summed E-state index contributed by atoms with van der Waals surface area (Å²) in [4.78, 5) is 13.3. The molecule has 0 amide bonds. The van der Waals surface area contributed by atoms with Gasteiger partial charge in [-0.2, -0.15) is 0 Å². The molecule has 0 aromatic heterocycles. The maximum atomic E-state index is 13.3. The Morgan fingerprint density at radius 3 is 2.56 bits per heavy atom. The molecule has 0 spiro atoms. The van der Waals surface area contributed by atoms with Gasteiger partial charge in [-0.25, -0.2) is 0 Å². The fourth-order valence-electron chi connectivity index (χ4n) is 7.00. The third-order valence-corrected chi connectivity index (χ3v) is 12.0. The Labute approximate surface area is 159 Å². The van der Waals surface area contributed by atoms with Crippen LogP contribution in [0.5, 0.6) is 0 Å². The molecule has 4 unspecified atom stereocenters. The summed E-state index contributed by atoms with van der Waals surface area (Å²) < 4.78 is 0. The van der Waals surface area contributed by atoms with Crippen LogP contribution in [-0.4, -0.2) is 16.3 Å². The summed E-state index contributed by atoms with van der Waals surface area (Å²) in [6.45, 7) is 4.84. The highest BCUT2D eigenvalue weighted by molar-refractivity contribution is 7.97. The van der Waals surface area contributed by atoms with Crippen molar-refractivity contribution in [3.05, 3.63) is 34.9 Å². The first-order chi connectivity index (χ1) is 11.9. The zero-order valence-electron chi connectivity index (χ0n) is 15.3. The predicted octanol–water partition coefficient (Wildman–Crippen LogP) is 5.40. The topological polar surface area (TPSA) is 17.1 Å². The van der Waals surface area contributed by atoms with E-state index in [0.29, 0.717) is 27.8 Å². The van der Waals surface area contributed by atoms with Crippen molar-refractivity contribution in [1.82, 2.24) is 0 Å². The van der Waals surface area contributed by atoms with Crippen LogP contribution in [-0.2, 0) is 21.4 Å². The fourth-order valence-corrected chi connectivity index (χ4v) is 11.3. The van der Waals surface area contributed by atoms with Gasteiger partial charge in [0.2, 0.25) is 0 Å². The molecule has 1 saturated heterocycles.